The van der Waals surface area contributed by atoms with Crippen LogP contribution >= 0.6 is 0 Å². The molecule has 0 heterocycles. The minimum atomic E-state index is -0.127. The summed E-state index contributed by atoms with van der Waals surface area (Å²) in [4.78, 5) is 12.3. The molecule has 0 aliphatic carbocycles. The van der Waals surface area contributed by atoms with Crippen LogP contribution in [0.1, 0.15) is 18.9 Å². The van der Waals surface area contributed by atoms with Gasteiger partial charge in [0.1, 0.15) is 11.5 Å². The van der Waals surface area contributed by atoms with Crippen LogP contribution in [-0.4, -0.2) is 25.7 Å². The minimum Gasteiger partial charge on any atom is -0.494 e. The number of benzene rings is 3. The normalized spacial score (nSPS) is 10.3. The highest BCUT2D eigenvalue weighted by Crippen LogP contribution is 2.24. The summed E-state index contributed by atoms with van der Waals surface area (Å²) in [6.45, 7) is 3.32. The van der Waals surface area contributed by atoms with Crippen molar-refractivity contribution in [3.63, 3.8) is 0 Å². The average molecular weight is 405 g/mol. The van der Waals surface area contributed by atoms with Gasteiger partial charge < -0.3 is 20.1 Å². The molecule has 0 aliphatic heterocycles. The van der Waals surface area contributed by atoms with Crippen molar-refractivity contribution in [2.24, 2.45) is 0 Å². The van der Waals surface area contributed by atoms with E-state index in [1.165, 1.54) is 5.56 Å². The van der Waals surface area contributed by atoms with Crippen LogP contribution < -0.4 is 20.1 Å². The Balaban J connectivity index is 1.45. The molecule has 3 aromatic carbocycles. The van der Waals surface area contributed by atoms with E-state index in [2.05, 4.69) is 22.8 Å². The Morgan fingerprint density at radius 2 is 1.60 bits per heavy atom. The highest BCUT2D eigenvalue weighted by atomic mass is 16.5. The molecule has 2 N–H and O–H groups in total. The summed E-state index contributed by atoms with van der Waals surface area (Å²) in [6.07, 6.45) is 1.90. The zero-order valence-electron chi connectivity index (χ0n) is 17.3. The molecule has 0 unspecified atom stereocenters. The number of carbonyl (C=O) groups is 1. The van der Waals surface area contributed by atoms with Crippen molar-refractivity contribution in [2.75, 3.05) is 30.4 Å². The third-order valence-electron chi connectivity index (χ3n) is 4.49. The molecule has 0 saturated heterocycles. The molecule has 0 aromatic heterocycles. The lowest BCUT2D eigenvalue weighted by Crippen LogP contribution is -2.22. The van der Waals surface area contributed by atoms with Crippen LogP contribution in [0.5, 0.6) is 11.5 Å². The monoisotopic (exact) mass is 404 g/mol. The Hall–Kier alpha value is -3.47. The van der Waals surface area contributed by atoms with Gasteiger partial charge in [0.25, 0.3) is 0 Å². The summed E-state index contributed by atoms with van der Waals surface area (Å²) in [5, 5.41) is 6.04. The van der Waals surface area contributed by atoms with Crippen molar-refractivity contribution >= 4 is 17.3 Å². The highest BCUT2D eigenvalue weighted by Gasteiger charge is 2.07. The lowest BCUT2D eigenvalue weighted by molar-refractivity contribution is -0.114. The van der Waals surface area contributed by atoms with Gasteiger partial charge in [-0.1, -0.05) is 42.5 Å². The maximum Gasteiger partial charge on any atom is 0.243 e. The van der Waals surface area contributed by atoms with Crippen molar-refractivity contribution in [3.8, 4) is 11.5 Å². The molecule has 5 nitrogen and oxygen atoms in total. The highest BCUT2D eigenvalue weighted by molar-refractivity contribution is 5.94. The third-order valence-corrected chi connectivity index (χ3v) is 4.49. The quantitative estimate of drug-likeness (QED) is 0.434. The largest absolute Gasteiger partial charge is 0.494 e. The van der Waals surface area contributed by atoms with Crippen LogP contribution in [0.2, 0.25) is 0 Å². The van der Waals surface area contributed by atoms with Crippen molar-refractivity contribution in [1.29, 1.82) is 0 Å². The molecule has 30 heavy (non-hydrogen) atoms. The van der Waals surface area contributed by atoms with E-state index in [-0.39, 0.29) is 12.5 Å². The van der Waals surface area contributed by atoms with Gasteiger partial charge in [-0.15, -0.1) is 0 Å². The van der Waals surface area contributed by atoms with Crippen LogP contribution in [0.3, 0.4) is 0 Å². The molecule has 0 spiro atoms. The molecule has 0 atom stereocenters. The summed E-state index contributed by atoms with van der Waals surface area (Å²) in [5.41, 5.74) is 2.84. The smallest absolute Gasteiger partial charge is 0.243 e. The predicted molar refractivity (Wildman–Crippen MR) is 121 cm³/mol. The molecule has 0 aliphatic rings. The summed E-state index contributed by atoms with van der Waals surface area (Å²) in [7, 11) is 0. The van der Waals surface area contributed by atoms with Gasteiger partial charge in [0, 0.05) is 5.69 Å². The van der Waals surface area contributed by atoms with E-state index in [1.807, 2.05) is 73.7 Å². The number of hydrogen-bond donors (Lipinski definition) is 2. The maximum atomic E-state index is 12.3. The van der Waals surface area contributed by atoms with E-state index in [0.29, 0.717) is 13.2 Å². The fourth-order valence-electron chi connectivity index (χ4n) is 3.02. The maximum absolute atomic E-state index is 12.3. The van der Waals surface area contributed by atoms with Gasteiger partial charge in [0.2, 0.25) is 5.91 Å². The second kappa shape index (κ2) is 11.5. The fourth-order valence-corrected chi connectivity index (χ4v) is 3.02. The summed E-state index contributed by atoms with van der Waals surface area (Å²) < 4.78 is 11.3. The number of carbonyl (C=O) groups excluding carboxylic acids is 1. The SMILES string of the molecule is CCOc1ccc(NC(=O)CNc2ccccc2OCCCc2ccccc2)cc1. The number of anilines is 2. The molecule has 1 amide bonds. The Bertz CT molecular complexity index is 911. The summed E-state index contributed by atoms with van der Waals surface area (Å²) in [5.74, 6) is 1.41. The van der Waals surface area contributed by atoms with E-state index >= 15 is 0 Å². The van der Waals surface area contributed by atoms with E-state index in [4.69, 9.17) is 9.47 Å². The molecular weight excluding hydrogens is 376 g/mol. The van der Waals surface area contributed by atoms with Crippen molar-refractivity contribution in [2.45, 2.75) is 19.8 Å². The van der Waals surface area contributed by atoms with E-state index in [1.54, 1.807) is 0 Å². The van der Waals surface area contributed by atoms with E-state index in [9.17, 15) is 4.79 Å². The first-order chi connectivity index (χ1) is 14.7. The molecule has 3 aromatic rings. The number of nitrogens with one attached hydrogen (secondary N) is 2. The van der Waals surface area contributed by atoms with E-state index in [0.717, 1.165) is 35.7 Å². The first-order valence-electron chi connectivity index (χ1n) is 10.3. The number of para-hydroxylation sites is 2. The second-order valence-corrected chi connectivity index (χ2v) is 6.79. The van der Waals surface area contributed by atoms with Gasteiger partial charge in [0.05, 0.1) is 25.4 Å². The molecule has 0 radical (unpaired) electrons. The summed E-state index contributed by atoms with van der Waals surface area (Å²) >= 11 is 0. The van der Waals surface area contributed by atoms with Gasteiger partial charge in [0.15, 0.2) is 0 Å². The Kier molecular flexibility index (Phi) is 8.15. The number of hydrogen-bond acceptors (Lipinski definition) is 4. The first-order valence-corrected chi connectivity index (χ1v) is 10.3. The van der Waals surface area contributed by atoms with Gasteiger partial charge in [-0.3, -0.25) is 4.79 Å². The second-order valence-electron chi connectivity index (χ2n) is 6.79. The van der Waals surface area contributed by atoms with Gasteiger partial charge in [-0.2, -0.15) is 0 Å². The standard InChI is InChI=1S/C25H28N2O3/c1-2-29-22-16-14-21(15-17-22)27-25(28)19-26-23-12-6-7-13-24(23)30-18-8-11-20-9-4-3-5-10-20/h3-7,9-10,12-17,26H,2,8,11,18-19H2,1H3,(H,27,28). The van der Waals surface area contributed by atoms with Crippen LogP contribution in [0.4, 0.5) is 11.4 Å². The average Bonchev–Trinajstić information content (AvgIpc) is 2.78. The van der Waals surface area contributed by atoms with E-state index < -0.39 is 0 Å². The van der Waals surface area contributed by atoms with Gasteiger partial charge in [-0.05, 0) is 61.7 Å². The van der Waals surface area contributed by atoms with Crippen LogP contribution in [-0.2, 0) is 11.2 Å². The third kappa shape index (κ3) is 6.85. The van der Waals surface area contributed by atoms with Crippen LogP contribution in [0.25, 0.3) is 0 Å². The molecule has 0 fully saturated rings. The number of amides is 1. The van der Waals surface area contributed by atoms with Crippen molar-refractivity contribution < 1.29 is 14.3 Å². The van der Waals surface area contributed by atoms with Gasteiger partial charge >= 0.3 is 0 Å². The molecular formula is C25H28N2O3. The molecule has 156 valence electrons. The lowest BCUT2D eigenvalue weighted by Gasteiger charge is -2.13. The number of rotatable bonds is 11. The number of ether oxygens (including phenoxy) is 2. The van der Waals surface area contributed by atoms with Gasteiger partial charge in [-0.25, -0.2) is 0 Å². The fraction of sp³-hybridized carbons (Fsp3) is 0.240. The van der Waals surface area contributed by atoms with Crippen molar-refractivity contribution in [1.82, 2.24) is 0 Å². The summed E-state index contributed by atoms with van der Waals surface area (Å²) in [6, 6.07) is 25.4. The molecule has 3 rings (SSSR count). The Morgan fingerprint density at radius 1 is 0.867 bits per heavy atom. The minimum absolute atomic E-state index is 0.127. The first kappa shape index (κ1) is 21.2. The molecule has 0 bridgehead atoms. The predicted octanol–water partition coefficient (Wildman–Crippen LogP) is 5.15. The zero-order chi connectivity index (χ0) is 21.0. The Labute approximate surface area is 178 Å². The van der Waals surface area contributed by atoms with Crippen LogP contribution in [0.15, 0.2) is 78.9 Å². The Morgan fingerprint density at radius 3 is 2.37 bits per heavy atom. The lowest BCUT2D eigenvalue weighted by atomic mass is 10.1. The molecule has 0 saturated carbocycles. The van der Waals surface area contributed by atoms with Crippen molar-refractivity contribution in [3.05, 3.63) is 84.4 Å². The molecule has 5 heteroatoms. The van der Waals surface area contributed by atoms with Crippen LogP contribution in [0, 0.1) is 0 Å². The zero-order valence-corrected chi connectivity index (χ0v) is 17.3. The number of aryl methyl sites for hydroxylation is 1. The topological polar surface area (TPSA) is 59.6 Å².